The number of hydrogen-bond acceptors (Lipinski definition) is 3. The first-order valence-electron chi connectivity index (χ1n) is 16.3. The number of allylic oxidation sites excluding steroid dienone is 2. The monoisotopic (exact) mass is 804 g/mol. The minimum absolute atomic E-state index is 0. The molecule has 0 fully saturated rings. The Bertz CT molecular complexity index is 2100. The van der Waals surface area contributed by atoms with Crippen molar-refractivity contribution >= 4 is 49.3 Å². The van der Waals surface area contributed by atoms with E-state index in [1.165, 1.54) is 49.6 Å². The summed E-state index contributed by atoms with van der Waals surface area (Å²) in [6.07, 6.45) is 1.33. The third kappa shape index (κ3) is 7.22. The van der Waals surface area contributed by atoms with Gasteiger partial charge in [-0.15, -0.1) is 29.1 Å². The van der Waals surface area contributed by atoms with Crippen LogP contribution in [0.25, 0.3) is 54.7 Å². The number of hydrogen-bond donors (Lipinski definition) is 1. The molecule has 0 spiro atoms. The number of carbonyl (C=O) groups is 1. The maximum atomic E-state index is 11.5. The van der Waals surface area contributed by atoms with Crippen LogP contribution >= 0.6 is 0 Å². The first-order chi connectivity index (χ1) is 21.6. The van der Waals surface area contributed by atoms with Crippen LogP contribution in [0.3, 0.4) is 0 Å². The summed E-state index contributed by atoms with van der Waals surface area (Å²) in [6, 6.07) is 32.2. The number of fused-ring (bicyclic) bond motifs is 6. The second kappa shape index (κ2) is 13.7. The fraction of sp³-hybridized carbons (Fsp3) is 0.333. The minimum atomic E-state index is -0.417. The number of rotatable bonds is 4. The van der Waals surface area contributed by atoms with Gasteiger partial charge in [0.25, 0.3) is 0 Å². The van der Waals surface area contributed by atoms with E-state index in [9.17, 15) is 9.90 Å². The van der Waals surface area contributed by atoms with Crippen molar-refractivity contribution in [1.82, 2.24) is 9.55 Å². The summed E-state index contributed by atoms with van der Waals surface area (Å²) in [5.41, 5.74) is 6.22. The topological polar surface area (TPSA) is 55.1 Å². The van der Waals surface area contributed by atoms with Crippen LogP contribution in [0.1, 0.15) is 86.8 Å². The molecule has 0 aliphatic carbocycles. The van der Waals surface area contributed by atoms with Crippen LogP contribution in [0.5, 0.6) is 0 Å². The van der Waals surface area contributed by atoms with Crippen molar-refractivity contribution in [2.75, 3.05) is 0 Å². The van der Waals surface area contributed by atoms with E-state index < -0.39 is 5.41 Å². The predicted octanol–water partition coefficient (Wildman–Crippen LogP) is 11.8. The molecule has 0 saturated carbocycles. The molecule has 0 atom stereocenters. The number of pyridine rings is 1. The average molecular weight is 804 g/mol. The van der Waals surface area contributed by atoms with Crippen molar-refractivity contribution in [1.29, 1.82) is 0 Å². The van der Waals surface area contributed by atoms with E-state index in [1.54, 1.807) is 0 Å². The van der Waals surface area contributed by atoms with Gasteiger partial charge in [0, 0.05) is 59.3 Å². The summed E-state index contributed by atoms with van der Waals surface area (Å²) >= 11 is 0. The number of aliphatic hydroxyl groups is 1. The van der Waals surface area contributed by atoms with Crippen molar-refractivity contribution in [2.24, 2.45) is 10.8 Å². The fourth-order valence-electron chi connectivity index (χ4n) is 5.78. The summed E-state index contributed by atoms with van der Waals surface area (Å²) in [5, 5.41) is 15.7. The first kappa shape index (κ1) is 36.1. The number of carbonyl (C=O) groups excluding carboxylic acids is 1. The van der Waals surface area contributed by atoms with Crippen LogP contribution in [-0.2, 0) is 24.9 Å². The van der Waals surface area contributed by atoms with Gasteiger partial charge < -0.3 is 9.67 Å². The zero-order valence-electron chi connectivity index (χ0n) is 29.3. The standard InChI is InChI=1S/C31H27N2.C11H20O2.Ir/c1-19(2)21-16-17-23-22(18-21)10-9-13-24(23)30-29-26-12-6-8-15-28(26)33(20(3)4)31(29)25-11-5-7-14-27(25)32-30;1-10(2,3)8(12)7-9(13)11(4,5)6;/h5-12,14-20H,1-4H3;7,12H,1-6H3;/q-1;;/b;8-7-;. The second-order valence-corrected chi connectivity index (χ2v) is 14.9. The zero-order valence-corrected chi connectivity index (χ0v) is 31.7. The molecule has 0 amide bonds. The molecule has 6 rings (SSSR count). The van der Waals surface area contributed by atoms with Crippen LogP contribution in [-0.4, -0.2) is 20.4 Å². The molecule has 2 aromatic heterocycles. The molecule has 6 aromatic rings. The Hall–Kier alpha value is -3.79. The average Bonchev–Trinajstić information content (AvgIpc) is 3.35. The number of aromatic nitrogens is 2. The smallest absolute Gasteiger partial charge is 0.164 e. The Morgan fingerprint density at radius 2 is 1.47 bits per heavy atom. The van der Waals surface area contributed by atoms with Crippen LogP contribution in [0.15, 0.2) is 90.7 Å². The maximum Gasteiger partial charge on any atom is 0.164 e. The van der Waals surface area contributed by atoms with Crippen LogP contribution < -0.4 is 0 Å². The van der Waals surface area contributed by atoms with Gasteiger partial charge in [-0.2, -0.15) is 0 Å². The molecule has 1 radical (unpaired) electrons. The van der Waals surface area contributed by atoms with Gasteiger partial charge in [-0.1, -0.05) is 115 Å². The van der Waals surface area contributed by atoms with Gasteiger partial charge in [-0.3, -0.25) is 9.78 Å². The van der Waals surface area contributed by atoms with Crippen molar-refractivity contribution in [3.05, 3.63) is 102 Å². The van der Waals surface area contributed by atoms with Gasteiger partial charge in [-0.25, -0.2) is 0 Å². The first-order valence-corrected chi connectivity index (χ1v) is 16.3. The molecule has 1 N–H and O–H groups in total. The Labute approximate surface area is 293 Å². The predicted molar refractivity (Wildman–Crippen MR) is 196 cm³/mol. The van der Waals surface area contributed by atoms with Crippen molar-refractivity contribution in [3.8, 4) is 11.3 Å². The van der Waals surface area contributed by atoms with E-state index in [2.05, 4.69) is 111 Å². The number of para-hydroxylation sites is 2. The van der Waals surface area contributed by atoms with Gasteiger partial charge in [-0.05, 0) is 48.5 Å². The third-order valence-corrected chi connectivity index (χ3v) is 8.57. The van der Waals surface area contributed by atoms with Crippen molar-refractivity contribution in [3.63, 3.8) is 0 Å². The molecule has 0 saturated heterocycles. The molecule has 0 unspecified atom stereocenters. The molecule has 0 aliphatic rings. The van der Waals surface area contributed by atoms with E-state index in [0.717, 1.165) is 16.8 Å². The molecule has 247 valence electrons. The van der Waals surface area contributed by atoms with Crippen LogP contribution in [0.2, 0.25) is 0 Å². The number of ketones is 1. The molecule has 47 heavy (non-hydrogen) atoms. The van der Waals surface area contributed by atoms with E-state index in [4.69, 9.17) is 4.98 Å². The number of nitrogens with zero attached hydrogens (tertiary/aromatic N) is 2. The largest absolute Gasteiger partial charge is 0.512 e. The minimum Gasteiger partial charge on any atom is -0.512 e. The molecular weight excluding hydrogens is 757 g/mol. The van der Waals surface area contributed by atoms with E-state index in [-0.39, 0.29) is 37.1 Å². The van der Waals surface area contributed by atoms with Gasteiger partial charge in [0.05, 0.1) is 11.0 Å². The van der Waals surface area contributed by atoms with Gasteiger partial charge in [0.2, 0.25) is 0 Å². The quantitative estimate of drug-likeness (QED) is 0.110. The Kier molecular flexibility index (Phi) is 10.5. The molecule has 0 bridgehead atoms. The summed E-state index contributed by atoms with van der Waals surface area (Å²) in [4.78, 5) is 16.7. The normalized spacial score (nSPS) is 12.6. The molecule has 4 nitrogen and oxygen atoms in total. The molecule has 5 heteroatoms. The zero-order chi connectivity index (χ0) is 33.6. The molecule has 4 aromatic carbocycles. The van der Waals surface area contributed by atoms with Crippen molar-refractivity contribution in [2.45, 2.75) is 81.2 Å². The summed E-state index contributed by atoms with van der Waals surface area (Å²) in [5.74, 6) is 0.601. The third-order valence-electron chi connectivity index (χ3n) is 8.57. The fourth-order valence-corrected chi connectivity index (χ4v) is 5.78. The SMILES string of the molecule is CC(C)(C)C(=O)/C=C(\O)C(C)(C)C.CC(C)c1ccc2c(-c3nc4ccccc4c4c3c3ccccc3n4C(C)C)[c-]ccc2c1.[Ir]. The van der Waals surface area contributed by atoms with Gasteiger partial charge in [0.15, 0.2) is 5.78 Å². The Morgan fingerprint density at radius 3 is 2.09 bits per heavy atom. The Balaban J connectivity index is 0.000000307. The summed E-state index contributed by atoms with van der Waals surface area (Å²) in [6.45, 7) is 20.1. The van der Waals surface area contributed by atoms with E-state index in [1.807, 2.05) is 47.6 Å². The number of benzene rings is 4. The Morgan fingerprint density at radius 1 is 0.830 bits per heavy atom. The maximum absolute atomic E-state index is 11.5. The van der Waals surface area contributed by atoms with Crippen LogP contribution in [0.4, 0.5) is 0 Å². The second-order valence-electron chi connectivity index (χ2n) is 14.9. The van der Waals surface area contributed by atoms with E-state index >= 15 is 0 Å². The van der Waals surface area contributed by atoms with Gasteiger partial charge >= 0.3 is 0 Å². The summed E-state index contributed by atoms with van der Waals surface area (Å²) in [7, 11) is 0. The molecule has 2 heterocycles. The van der Waals surface area contributed by atoms with E-state index in [0.29, 0.717) is 12.0 Å². The van der Waals surface area contributed by atoms with Crippen molar-refractivity contribution < 1.29 is 30.0 Å². The molecule has 0 aliphatic heterocycles. The number of aliphatic hydroxyl groups excluding tert-OH is 1. The van der Waals surface area contributed by atoms with Gasteiger partial charge in [0.1, 0.15) is 5.76 Å². The molecular formula is C42H47IrN2O2-. The van der Waals surface area contributed by atoms with Crippen LogP contribution in [0, 0.1) is 16.9 Å². The summed E-state index contributed by atoms with van der Waals surface area (Å²) < 4.78 is 2.47.